The Labute approximate surface area is 608 Å². The van der Waals surface area contributed by atoms with Crippen molar-refractivity contribution < 1.29 is 18.3 Å². The van der Waals surface area contributed by atoms with E-state index >= 15 is 0 Å². The van der Waals surface area contributed by atoms with Gasteiger partial charge in [-0.2, -0.15) is 18.3 Å². The minimum atomic E-state index is 0.554. The second-order valence-electron chi connectivity index (χ2n) is 30.0. The molecule has 0 aliphatic heterocycles. The first kappa shape index (κ1) is 75.6. The highest BCUT2D eigenvalue weighted by Gasteiger charge is 2.29. The van der Waals surface area contributed by atoms with Gasteiger partial charge in [0.2, 0.25) is 45.6 Å². The molecule has 0 saturated carbocycles. The molecule has 0 spiro atoms. The van der Waals surface area contributed by atoms with E-state index in [0.29, 0.717) is 5.92 Å². The first-order valence-corrected chi connectivity index (χ1v) is 36.3. The molecule has 0 aliphatic carbocycles. The molecule has 4 aromatic heterocycles. The van der Waals surface area contributed by atoms with Gasteiger partial charge in [0, 0.05) is 90.0 Å². The van der Waals surface area contributed by atoms with Gasteiger partial charge in [0.1, 0.15) is 28.2 Å². The Morgan fingerprint density at radius 2 is 0.455 bits per heavy atom. The lowest BCUT2D eigenvalue weighted by atomic mass is 9.93. The molecule has 0 saturated heterocycles. The summed E-state index contributed by atoms with van der Waals surface area (Å²) in [5.74, 6) is 0.554. The van der Waals surface area contributed by atoms with Crippen LogP contribution in [0.5, 0.6) is 0 Å². The van der Waals surface area contributed by atoms with Crippen LogP contribution < -0.4 is 18.3 Å². The highest BCUT2D eigenvalue weighted by atomic mass is 15.0. The Hall–Kier alpha value is -9.64. The third-order valence-electron chi connectivity index (χ3n) is 21.1. The molecule has 4 heteroatoms. The highest BCUT2D eigenvalue weighted by Crippen LogP contribution is 2.36. The van der Waals surface area contributed by atoms with Gasteiger partial charge in [-0.25, -0.2) is 0 Å². The molecule has 4 nitrogen and oxygen atoms in total. The molecule has 0 amide bonds. The van der Waals surface area contributed by atoms with Crippen molar-refractivity contribution in [3.05, 3.63) is 304 Å². The number of aryl methyl sites for hydroxylation is 22. The highest BCUT2D eigenvalue weighted by molar-refractivity contribution is 5.75. The molecule has 0 bridgehead atoms. The normalized spacial score (nSPS) is 11.1. The van der Waals surface area contributed by atoms with Gasteiger partial charge in [0.05, 0.1) is 0 Å². The van der Waals surface area contributed by atoms with E-state index in [1.165, 1.54) is 218 Å². The zero-order chi connectivity index (χ0) is 73.9. The fraction of sp³-hybridized carbons (Fsp3) is 0.299. The van der Waals surface area contributed by atoms with Gasteiger partial charge in [0.15, 0.2) is 0 Å². The third-order valence-corrected chi connectivity index (χ3v) is 21.1. The van der Waals surface area contributed by atoms with Crippen LogP contribution in [0.25, 0.3) is 90.1 Å². The average molecular weight is 1340 g/mol. The van der Waals surface area contributed by atoms with E-state index in [0.717, 1.165) is 0 Å². The van der Waals surface area contributed by atoms with Gasteiger partial charge in [-0.3, -0.25) is 0 Å². The van der Waals surface area contributed by atoms with Crippen LogP contribution in [0.4, 0.5) is 0 Å². The summed E-state index contributed by atoms with van der Waals surface area (Å²) in [6.07, 6.45) is 0. The number of hydrogen-bond donors (Lipinski definition) is 0. The van der Waals surface area contributed by atoms with Crippen molar-refractivity contribution in [2.24, 2.45) is 28.2 Å². The first-order valence-electron chi connectivity index (χ1n) is 36.3. The molecule has 12 rings (SSSR count). The number of nitrogens with zero attached hydrogens (tertiary/aromatic N) is 4. The van der Waals surface area contributed by atoms with E-state index in [1.807, 2.05) is 0 Å². The van der Waals surface area contributed by atoms with E-state index in [9.17, 15) is 0 Å². The Morgan fingerprint density at radius 1 is 0.188 bits per heavy atom. The first-order chi connectivity index (χ1) is 47.7. The minimum Gasteiger partial charge on any atom is -0.194 e. The standard InChI is InChI=1S/2C25H30N.C24H28N.C23H26N/c1-15-9-10-22(18(4)11-15)24-20(6)13-21(7)25(26(24)8)23-14-17(3)16(2)12-19(23)5;1-16(2)21-12-13-23(18(4)15-21)25-20(6)14-19(5)24(26(25)7)22-11-9-8-10-17(22)3;1-15-8-10-21(17(3)12-15)23-19(5)14-20(6)24(25(23)7)22-11-9-16(2)13-18(22)4;1-15-10-11-20(18(4)12-15)22-8-7-9-23(24(22)6)21-14-17(3)16(2)13-19(21)5/h9-14H,1-8H3;8-16H,1-7H3;8-14H,1-7H3;7-14H,1-6H3/q4*+1. The van der Waals surface area contributed by atoms with Gasteiger partial charge in [0.25, 0.3) is 0 Å². The van der Waals surface area contributed by atoms with E-state index in [1.54, 1.807) is 0 Å². The number of benzene rings is 8. The summed E-state index contributed by atoms with van der Waals surface area (Å²) in [5, 5.41) is 0. The molecule has 0 aliphatic rings. The number of rotatable bonds is 9. The van der Waals surface area contributed by atoms with Crippen LogP contribution in [0, 0.1) is 152 Å². The predicted octanol–water partition coefficient (Wildman–Crippen LogP) is 23.3. The molecule has 0 fully saturated rings. The molecule has 0 N–H and O–H groups in total. The maximum Gasteiger partial charge on any atom is 0.215 e. The Balaban J connectivity index is 0.000000157. The number of pyridine rings is 4. The van der Waals surface area contributed by atoms with E-state index in [-0.39, 0.29) is 0 Å². The van der Waals surface area contributed by atoms with Crippen LogP contribution in [0.2, 0.25) is 0 Å². The molecule has 518 valence electrons. The van der Waals surface area contributed by atoms with Crippen LogP contribution >= 0.6 is 0 Å². The van der Waals surface area contributed by atoms with Gasteiger partial charge >= 0.3 is 0 Å². The molecule has 0 unspecified atom stereocenters. The smallest absolute Gasteiger partial charge is 0.194 e. The predicted molar refractivity (Wildman–Crippen MR) is 432 cm³/mol. The molecule has 0 atom stereocenters. The monoisotopic (exact) mass is 1330 g/mol. The van der Waals surface area contributed by atoms with Crippen molar-refractivity contribution in [1.29, 1.82) is 0 Å². The van der Waals surface area contributed by atoms with Gasteiger partial charge in [-0.1, -0.05) is 127 Å². The van der Waals surface area contributed by atoms with E-state index in [4.69, 9.17) is 0 Å². The van der Waals surface area contributed by atoms with Crippen molar-refractivity contribution in [1.82, 2.24) is 0 Å². The topological polar surface area (TPSA) is 15.5 Å². The zero-order valence-corrected chi connectivity index (χ0v) is 66.6. The molecular weight excluding hydrogens is 1220 g/mol. The molecule has 101 heavy (non-hydrogen) atoms. The van der Waals surface area contributed by atoms with Gasteiger partial charge in [-0.05, 0) is 303 Å². The summed E-state index contributed by atoms with van der Waals surface area (Å²) >= 11 is 0. The van der Waals surface area contributed by atoms with Crippen molar-refractivity contribution in [3.63, 3.8) is 0 Å². The summed E-state index contributed by atoms with van der Waals surface area (Å²) in [6, 6.07) is 65.3. The lowest BCUT2D eigenvalue weighted by Crippen LogP contribution is -2.36. The SMILES string of the molecule is Cc1ccc(-c2c(C)cc(C)c(-c3cc(C)c(C)cc3C)[n+]2C)c(C)c1.Cc1ccc(-c2c(C)cc(C)c(-c3ccc(C)cc3C)[n+]2C)c(C)c1.Cc1ccc(-c2cccc(-c3cc(C)c(C)cc3C)[n+]2C)c(C)c1.Cc1ccccc1-c1c(C)cc(C)c(-c2ccc(C(C)C)cc2C)[n+]1C. The van der Waals surface area contributed by atoms with Crippen LogP contribution in [0.3, 0.4) is 0 Å². The van der Waals surface area contributed by atoms with E-state index in [2.05, 4.69) is 389 Å². The second-order valence-corrected chi connectivity index (χ2v) is 30.0. The third kappa shape index (κ3) is 16.3. The zero-order valence-electron chi connectivity index (χ0n) is 66.6. The Morgan fingerprint density at radius 3 is 0.802 bits per heavy atom. The van der Waals surface area contributed by atoms with Crippen LogP contribution in [-0.2, 0) is 28.2 Å². The summed E-state index contributed by atoms with van der Waals surface area (Å²) in [4.78, 5) is 0. The molecule has 4 heterocycles. The summed E-state index contributed by atoms with van der Waals surface area (Å²) in [5.41, 5.74) is 51.4. The number of aromatic nitrogens is 4. The van der Waals surface area contributed by atoms with E-state index < -0.39 is 0 Å². The Kier molecular flexibility index (Phi) is 23.6. The summed E-state index contributed by atoms with van der Waals surface area (Å²) in [6.45, 7) is 52.8. The lowest BCUT2D eigenvalue weighted by Gasteiger charge is -2.15. The van der Waals surface area contributed by atoms with Crippen LogP contribution in [0.1, 0.15) is 148 Å². The minimum absolute atomic E-state index is 0.554. The maximum absolute atomic E-state index is 2.39. The van der Waals surface area contributed by atoms with Gasteiger partial charge < -0.3 is 0 Å². The quantitative estimate of drug-likeness (QED) is 0.128. The van der Waals surface area contributed by atoms with Crippen LogP contribution in [0.15, 0.2) is 176 Å². The number of hydrogen-bond acceptors (Lipinski definition) is 0. The largest absolute Gasteiger partial charge is 0.215 e. The van der Waals surface area contributed by atoms with Crippen molar-refractivity contribution in [2.75, 3.05) is 0 Å². The maximum atomic E-state index is 2.39. The second kappa shape index (κ2) is 31.5. The lowest BCUT2D eigenvalue weighted by molar-refractivity contribution is -0.650. The fourth-order valence-corrected chi connectivity index (χ4v) is 15.7. The molecule has 8 aromatic carbocycles. The van der Waals surface area contributed by atoms with Crippen LogP contribution in [-0.4, -0.2) is 0 Å². The van der Waals surface area contributed by atoms with Crippen molar-refractivity contribution in [3.8, 4) is 90.1 Å². The summed E-state index contributed by atoms with van der Waals surface area (Å²) < 4.78 is 9.46. The van der Waals surface area contributed by atoms with Gasteiger partial charge in [-0.15, -0.1) is 0 Å². The van der Waals surface area contributed by atoms with Crippen molar-refractivity contribution >= 4 is 0 Å². The van der Waals surface area contributed by atoms with Crippen molar-refractivity contribution in [2.45, 2.75) is 172 Å². The average Bonchev–Trinajstić information content (AvgIpc) is 0.779. The summed E-state index contributed by atoms with van der Waals surface area (Å²) in [7, 11) is 8.77. The Bertz CT molecular complexity index is 5070. The fourth-order valence-electron chi connectivity index (χ4n) is 15.7. The molecule has 0 radical (unpaired) electrons. The molecule has 12 aromatic rings. The molecular formula is C97H114N4+4.